The van der Waals surface area contributed by atoms with E-state index in [0.29, 0.717) is 12.1 Å². The third-order valence-corrected chi connectivity index (χ3v) is 2.10. The normalized spacial score (nSPS) is 12.2. The summed E-state index contributed by atoms with van der Waals surface area (Å²) in [6.45, 7) is 4.17. The average molecular weight is 208 g/mol. The first-order chi connectivity index (χ1) is 7.13. The molecule has 0 aromatic heterocycles. The summed E-state index contributed by atoms with van der Waals surface area (Å²) >= 11 is 0. The van der Waals surface area contributed by atoms with Crippen LogP contribution in [0.2, 0.25) is 0 Å². The quantitative estimate of drug-likeness (QED) is 0.726. The van der Waals surface area contributed by atoms with Crippen molar-refractivity contribution >= 4 is 5.91 Å². The summed E-state index contributed by atoms with van der Waals surface area (Å²) in [5.74, 6) is 4.85. The summed E-state index contributed by atoms with van der Waals surface area (Å²) in [5.41, 5.74) is 1.77. The Morgan fingerprint density at radius 3 is 2.60 bits per heavy atom. The second-order valence-electron chi connectivity index (χ2n) is 3.52. The number of hydrogen-bond acceptors (Lipinski definition) is 3. The molecule has 1 aromatic carbocycles. The maximum absolute atomic E-state index is 11.6. The topological polar surface area (TPSA) is 64.3 Å². The largest absolute Gasteiger partial charge is 0.349 e. The van der Waals surface area contributed by atoms with Crippen LogP contribution in [0.3, 0.4) is 0 Å². The molecule has 0 aliphatic rings. The molecule has 1 amide bonds. The molecule has 4 heteroatoms. The van der Waals surface area contributed by atoms with Crippen LogP contribution in [0, 0.1) is 6.92 Å². The maximum atomic E-state index is 11.6. The molecular weight excluding hydrogens is 192 g/mol. The number of aryl methyl sites for hydroxylation is 1. The van der Waals surface area contributed by atoms with Gasteiger partial charge in [0.25, 0.3) is 5.91 Å². The SMILES string of the molecule is Cc1ccc(C(=O)NCC(C)ON)cc1. The van der Waals surface area contributed by atoms with E-state index in [1.165, 1.54) is 0 Å². The van der Waals surface area contributed by atoms with E-state index in [0.717, 1.165) is 5.56 Å². The van der Waals surface area contributed by atoms with Gasteiger partial charge in [-0.25, -0.2) is 5.90 Å². The van der Waals surface area contributed by atoms with Crippen LogP contribution in [-0.4, -0.2) is 18.6 Å². The molecule has 0 aliphatic heterocycles. The van der Waals surface area contributed by atoms with Crippen molar-refractivity contribution in [2.75, 3.05) is 6.54 Å². The van der Waals surface area contributed by atoms with Crippen LogP contribution in [0.1, 0.15) is 22.8 Å². The van der Waals surface area contributed by atoms with E-state index in [9.17, 15) is 4.79 Å². The van der Waals surface area contributed by atoms with Gasteiger partial charge in [0.15, 0.2) is 0 Å². The standard InChI is InChI=1S/C11H16N2O2/c1-8-3-5-10(6-4-8)11(14)13-7-9(2)15-12/h3-6,9H,7,12H2,1-2H3,(H,13,14). The number of benzene rings is 1. The fourth-order valence-electron chi connectivity index (χ4n) is 1.09. The molecule has 15 heavy (non-hydrogen) atoms. The van der Waals surface area contributed by atoms with Crippen molar-refractivity contribution < 1.29 is 9.63 Å². The van der Waals surface area contributed by atoms with Crippen molar-refractivity contribution in [2.24, 2.45) is 5.90 Å². The lowest BCUT2D eigenvalue weighted by Gasteiger charge is -2.09. The summed E-state index contributed by atoms with van der Waals surface area (Å²) in [4.78, 5) is 16.1. The average Bonchev–Trinajstić information content (AvgIpc) is 2.26. The molecule has 1 atom stereocenters. The molecular formula is C11H16N2O2. The van der Waals surface area contributed by atoms with Crippen LogP contribution in [0.4, 0.5) is 0 Å². The van der Waals surface area contributed by atoms with Crippen molar-refractivity contribution in [3.05, 3.63) is 35.4 Å². The lowest BCUT2D eigenvalue weighted by molar-refractivity contribution is 0.0622. The summed E-state index contributed by atoms with van der Waals surface area (Å²) < 4.78 is 0. The van der Waals surface area contributed by atoms with Crippen molar-refractivity contribution in [1.29, 1.82) is 0 Å². The number of amides is 1. The van der Waals surface area contributed by atoms with Crippen molar-refractivity contribution in [1.82, 2.24) is 5.32 Å². The Balaban J connectivity index is 2.50. The Morgan fingerprint density at radius 1 is 1.47 bits per heavy atom. The minimum absolute atomic E-state index is 0.112. The molecule has 0 aliphatic carbocycles. The van der Waals surface area contributed by atoms with Crippen LogP contribution < -0.4 is 11.2 Å². The Labute approximate surface area is 89.4 Å². The molecule has 1 rings (SSSR count). The summed E-state index contributed by atoms with van der Waals surface area (Å²) in [6.07, 6.45) is -0.181. The minimum atomic E-state index is -0.181. The van der Waals surface area contributed by atoms with Gasteiger partial charge >= 0.3 is 0 Å². The maximum Gasteiger partial charge on any atom is 0.251 e. The van der Waals surface area contributed by atoms with E-state index in [-0.39, 0.29) is 12.0 Å². The third-order valence-electron chi connectivity index (χ3n) is 2.10. The molecule has 0 bridgehead atoms. The fraction of sp³-hybridized carbons (Fsp3) is 0.364. The van der Waals surface area contributed by atoms with E-state index in [1.54, 1.807) is 19.1 Å². The first kappa shape index (κ1) is 11.7. The third kappa shape index (κ3) is 3.69. The number of hydrogen-bond donors (Lipinski definition) is 2. The second kappa shape index (κ2) is 5.48. The lowest BCUT2D eigenvalue weighted by Crippen LogP contribution is -2.33. The van der Waals surface area contributed by atoms with E-state index in [2.05, 4.69) is 10.2 Å². The summed E-state index contributed by atoms with van der Waals surface area (Å²) in [5, 5.41) is 2.73. The summed E-state index contributed by atoms with van der Waals surface area (Å²) in [7, 11) is 0. The first-order valence-corrected chi connectivity index (χ1v) is 4.84. The highest BCUT2D eigenvalue weighted by molar-refractivity contribution is 5.94. The van der Waals surface area contributed by atoms with Gasteiger partial charge in [-0.05, 0) is 26.0 Å². The Morgan fingerprint density at radius 2 is 2.07 bits per heavy atom. The Kier molecular flexibility index (Phi) is 4.27. The van der Waals surface area contributed by atoms with Gasteiger partial charge in [-0.3, -0.25) is 9.63 Å². The number of carbonyl (C=O) groups is 1. The Bertz CT molecular complexity index is 322. The van der Waals surface area contributed by atoms with Gasteiger partial charge in [-0.15, -0.1) is 0 Å². The van der Waals surface area contributed by atoms with E-state index >= 15 is 0 Å². The first-order valence-electron chi connectivity index (χ1n) is 4.84. The smallest absolute Gasteiger partial charge is 0.251 e. The lowest BCUT2D eigenvalue weighted by atomic mass is 10.1. The van der Waals surface area contributed by atoms with Gasteiger partial charge in [-0.1, -0.05) is 17.7 Å². The van der Waals surface area contributed by atoms with Gasteiger partial charge in [0.2, 0.25) is 0 Å². The zero-order valence-electron chi connectivity index (χ0n) is 8.99. The van der Waals surface area contributed by atoms with Gasteiger partial charge < -0.3 is 5.32 Å². The molecule has 0 saturated heterocycles. The van der Waals surface area contributed by atoms with Crippen LogP contribution in [0.15, 0.2) is 24.3 Å². The predicted molar refractivity (Wildman–Crippen MR) is 58.2 cm³/mol. The second-order valence-corrected chi connectivity index (χ2v) is 3.52. The molecule has 0 heterocycles. The highest BCUT2D eigenvalue weighted by Crippen LogP contribution is 2.02. The van der Waals surface area contributed by atoms with Crippen LogP contribution >= 0.6 is 0 Å². The number of nitrogens with two attached hydrogens (primary N) is 1. The highest BCUT2D eigenvalue weighted by Gasteiger charge is 2.06. The van der Waals surface area contributed by atoms with Crippen molar-refractivity contribution in [3.63, 3.8) is 0 Å². The van der Waals surface area contributed by atoms with Crippen LogP contribution in [0.25, 0.3) is 0 Å². The zero-order chi connectivity index (χ0) is 11.3. The van der Waals surface area contributed by atoms with Gasteiger partial charge in [0.05, 0.1) is 6.10 Å². The Hall–Kier alpha value is -1.39. The van der Waals surface area contributed by atoms with E-state index in [4.69, 9.17) is 5.90 Å². The number of rotatable bonds is 4. The molecule has 4 nitrogen and oxygen atoms in total. The molecule has 1 unspecified atom stereocenters. The van der Waals surface area contributed by atoms with Gasteiger partial charge in [0.1, 0.15) is 0 Å². The molecule has 0 fully saturated rings. The van der Waals surface area contributed by atoms with E-state index < -0.39 is 0 Å². The molecule has 1 aromatic rings. The van der Waals surface area contributed by atoms with Crippen molar-refractivity contribution in [2.45, 2.75) is 20.0 Å². The van der Waals surface area contributed by atoms with Gasteiger partial charge in [-0.2, -0.15) is 0 Å². The van der Waals surface area contributed by atoms with Crippen molar-refractivity contribution in [3.8, 4) is 0 Å². The number of nitrogens with one attached hydrogen (secondary N) is 1. The van der Waals surface area contributed by atoms with E-state index in [1.807, 2.05) is 19.1 Å². The summed E-state index contributed by atoms with van der Waals surface area (Å²) in [6, 6.07) is 7.38. The molecule has 0 saturated carbocycles. The van der Waals surface area contributed by atoms with Gasteiger partial charge in [0, 0.05) is 12.1 Å². The van der Waals surface area contributed by atoms with Crippen LogP contribution in [0.5, 0.6) is 0 Å². The predicted octanol–water partition coefficient (Wildman–Crippen LogP) is 1.00. The molecule has 0 spiro atoms. The van der Waals surface area contributed by atoms with Crippen LogP contribution in [-0.2, 0) is 4.84 Å². The highest BCUT2D eigenvalue weighted by atomic mass is 16.6. The molecule has 0 radical (unpaired) electrons. The molecule has 82 valence electrons. The molecule has 3 N–H and O–H groups in total. The zero-order valence-corrected chi connectivity index (χ0v) is 8.99. The fourth-order valence-corrected chi connectivity index (χ4v) is 1.09. The monoisotopic (exact) mass is 208 g/mol. The minimum Gasteiger partial charge on any atom is -0.349 e. The number of carbonyl (C=O) groups excluding carboxylic acids is 1.